The molecular formula is C25H30ClN5O3. The zero-order valence-electron chi connectivity index (χ0n) is 19.1. The number of hydrogen-bond acceptors (Lipinski definition) is 7. The molecule has 0 unspecified atom stereocenters. The molecule has 2 N–H and O–H groups in total. The van der Waals surface area contributed by atoms with Crippen LogP contribution in [0.2, 0.25) is 5.02 Å². The molecule has 0 radical (unpaired) electrons. The molecule has 9 heteroatoms. The van der Waals surface area contributed by atoms with Gasteiger partial charge in [-0.2, -0.15) is 5.26 Å². The number of carbonyl (C=O) groups excluding carboxylic acids is 1. The minimum atomic E-state index is -0.205. The van der Waals surface area contributed by atoms with E-state index >= 15 is 0 Å². The Bertz CT molecular complexity index is 1010. The first-order valence-corrected chi connectivity index (χ1v) is 12.3. The Balaban J connectivity index is 1.22. The van der Waals surface area contributed by atoms with Gasteiger partial charge in [0, 0.05) is 31.8 Å². The van der Waals surface area contributed by atoms with Gasteiger partial charge in [0.25, 0.3) is 5.91 Å². The maximum atomic E-state index is 12.7. The van der Waals surface area contributed by atoms with Gasteiger partial charge in [-0.1, -0.05) is 11.6 Å². The second-order valence-electron chi connectivity index (χ2n) is 9.04. The van der Waals surface area contributed by atoms with E-state index in [4.69, 9.17) is 26.7 Å². The van der Waals surface area contributed by atoms with E-state index in [1.54, 1.807) is 24.3 Å². The third-order valence-corrected chi connectivity index (χ3v) is 7.04. The fraction of sp³-hybridized carbons (Fsp3) is 0.520. The molecule has 2 fully saturated rings. The predicted molar refractivity (Wildman–Crippen MR) is 129 cm³/mol. The first-order valence-electron chi connectivity index (χ1n) is 11.9. The summed E-state index contributed by atoms with van der Waals surface area (Å²) < 4.78 is 6.02. The Labute approximate surface area is 204 Å². The van der Waals surface area contributed by atoms with Crippen molar-refractivity contribution >= 4 is 23.3 Å². The highest BCUT2D eigenvalue weighted by Gasteiger charge is 2.25. The van der Waals surface area contributed by atoms with Crippen LogP contribution in [0.1, 0.15) is 61.0 Å². The molecule has 1 aromatic carbocycles. The molecule has 180 valence electrons. The zero-order valence-corrected chi connectivity index (χ0v) is 19.9. The van der Waals surface area contributed by atoms with E-state index in [0.29, 0.717) is 27.9 Å². The van der Waals surface area contributed by atoms with Crippen molar-refractivity contribution < 1.29 is 14.6 Å². The van der Waals surface area contributed by atoms with Crippen LogP contribution in [-0.4, -0.2) is 53.1 Å². The molecule has 1 saturated heterocycles. The lowest BCUT2D eigenvalue weighted by atomic mass is 9.92. The average Bonchev–Trinajstić information content (AvgIpc) is 2.86. The van der Waals surface area contributed by atoms with E-state index in [2.05, 4.69) is 20.4 Å². The van der Waals surface area contributed by atoms with Crippen LogP contribution in [-0.2, 0) is 0 Å². The second kappa shape index (κ2) is 11.5. The number of nitrogens with one attached hydrogen (secondary N) is 1. The number of amides is 1. The van der Waals surface area contributed by atoms with Crippen LogP contribution in [0.15, 0.2) is 30.3 Å². The van der Waals surface area contributed by atoms with E-state index in [0.717, 1.165) is 63.9 Å². The van der Waals surface area contributed by atoms with Crippen molar-refractivity contribution in [3.05, 3.63) is 46.6 Å². The quantitative estimate of drug-likeness (QED) is 0.617. The van der Waals surface area contributed by atoms with Crippen LogP contribution >= 0.6 is 11.6 Å². The van der Waals surface area contributed by atoms with Gasteiger partial charge in [-0.15, -0.1) is 10.2 Å². The lowest BCUT2D eigenvalue weighted by molar-refractivity contribution is 0.0888. The van der Waals surface area contributed by atoms with Crippen molar-refractivity contribution in [3.8, 4) is 11.8 Å². The van der Waals surface area contributed by atoms with Gasteiger partial charge in [-0.05, 0) is 75.1 Å². The van der Waals surface area contributed by atoms with Crippen LogP contribution in [0.25, 0.3) is 0 Å². The molecule has 2 aromatic rings. The number of benzene rings is 1. The molecule has 1 aliphatic carbocycles. The second-order valence-corrected chi connectivity index (χ2v) is 9.45. The lowest BCUT2D eigenvalue weighted by Gasteiger charge is -2.32. The highest BCUT2D eigenvalue weighted by atomic mass is 35.5. The first kappa shape index (κ1) is 24.2. The maximum Gasteiger partial charge on any atom is 0.272 e. The Morgan fingerprint density at radius 2 is 1.91 bits per heavy atom. The molecule has 2 aliphatic rings. The monoisotopic (exact) mass is 483 g/mol. The van der Waals surface area contributed by atoms with Gasteiger partial charge in [0.2, 0.25) is 0 Å². The van der Waals surface area contributed by atoms with Gasteiger partial charge in [-0.3, -0.25) is 4.79 Å². The average molecular weight is 484 g/mol. The Morgan fingerprint density at radius 3 is 2.53 bits per heavy atom. The molecule has 1 amide bonds. The normalized spacial score (nSPS) is 21.0. The van der Waals surface area contributed by atoms with E-state index in [1.165, 1.54) is 0 Å². The van der Waals surface area contributed by atoms with Crippen molar-refractivity contribution in [3.63, 3.8) is 0 Å². The van der Waals surface area contributed by atoms with E-state index in [-0.39, 0.29) is 24.7 Å². The Hall–Kier alpha value is -2.89. The Morgan fingerprint density at radius 1 is 1.15 bits per heavy atom. The van der Waals surface area contributed by atoms with Crippen molar-refractivity contribution in [1.82, 2.24) is 15.5 Å². The fourth-order valence-corrected chi connectivity index (χ4v) is 4.90. The number of nitrogens with zero attached hydrogens (tertiary/aromatic N) is 4. The number of nitriles is 1. The van der Waals surface area contributed by atoms with E-state index in [1.807, 2.05) is 12.1 Å². The van der Waals surface area contributed by atoms with Crippen LogP contribution in [0, 0.1) is 17.2 Å². The summed E-state index contributed by atoms with van der Waals surface area (Å²) in [6, 6.07) is 10.8. The number of rotatable bonds is 7. The standard InChI is InChI=1S/C25H30ClN5O3/c26-22-15-21(4-1-18(22)16-27)34-20-5-2-19(3-6-20)28-25(33)23-7-8-24(30-29-23)31-12-9-17(10-13-31)11-14-32/h1,4,7-8,15,17,19-20,32H,2-3,5-6,9-14H2,(H,28,33). The predicted octanol–water partition coefficient (Wildman–Crippen LogP) is 3.72. The van der Waals surface area contributed by atoms with E-state index in [9.17, 15) is 4.79 Å². The molecule has 1 saturated carbocycles. The lowest BCUT2D eigenvalue weighted by Crippen LogP contribution is -2.40. The van der Waals surface area contributed by atoms with E-state index < -0.39 is 0 Å². The number of piperidine rings is 1. The largest absolute Gasteiger partial charge is 0.490 e. The number of aromatic nitrogens is 2. The Kier molecular flexibility index (Phi) is 8.20. The molecule has 0 bridgehead atoms. The summed E-state index contributed by atoms with van der Waals surface area (Å²) in [5.74, 6) is 1.81. The molecule has 1 aromatic heterocycles. The van der Waals surface area contributed by atoms with Gasteiger partial charge in [0.05, 0.1) is 16.7 Å². The third kappa shape index (κ3) is 6.16. The molecule has 2 heterocycles. The number of aliphatic hydroxyl groups excluding tert-OH is 1. The summed E-state index contributed by atoms with van der Waals surface area (Å²) in [6.07, 6.45) is 6.25. The van der Waals surface area contributed by atoms with Crippen LogP contribution in [0.4, 0.5) is 5.82 Å². The summed E-state index contributed by atoms with van der Waals surface area (Å²) in [5, 5.41) is 30.0. The van der Waals surface area contributed by atoms with Crippen LogP contribution in [0.3, 0.4) is 0 Å². The number of carbonyl (C=O) groups is 1. The van der Waals surface area contributed by atoms with Gasteiger partial charge in [0.1, 0.15) is 11.8 Å². The van der Waals surface area contributed by atoms with Crippen molar-refractivity contribution in [2.45, 2.75) is 57.1 Å². The molecule has 8 nitrogen and oxygen atoms in total. The number of anilines is 1. The van der Waals surface area contributed by atoms with Gasteiger partial charge >= 0.3 is 0 Å². The number of halogens is 1. The number of hydrogen-bond donors (Lipinski definition) is 2. The van der Waals surface area contributed by atoms with Crippen molar-refractivity contribution in [2.24, 2.45) is 5.92 Å². The SMILES string of the molecule is N#Cc1ccc(OC2CCC(NC(=O)c3ccc(N4CCC(CCO)CC4)nn3)CC2)cc1Cl. The highest BCUT2D eigenvalue weighted by Crippen LogP contribution is 2.27. The number of ether oxygens (including phenoxy) is 1. The van der Waals surface area contributed by atoms with Crippen molar-refractivity contribution in [1.29, 1.82) is 5.26 Å². The molecule has 0 atom stereocenters. The summed E-state index contributed by atoms with van der Waals surface area (Å²) >= 11 is 6.09. The molecule has 1 aliphatic heterocycles. The topological polar surface area (TPSA) is 111 Å². The summed E-state index contributed by atoms with van der Waals surface area (Å²) in [7, 11) is 0. The number of aliphatic hydroxyl groups is 1. The van der Waals surface area contributed by atoms with Gasteiger partial charge in [-0.25, -0.2) is 0 Å². The van der Waals surface area contributed by atoms with Crippen molar-refractivity contribution in [2.75, 3.05) is 24.6 Å². The minimum absolute atomic E-state index is 0.0535. The van der Waals surface area contributed by atoms with Gasteiger partial charge in [0.15, 0.2) is 11.5 Å². The minimum Gasteiger partial charge on any atom is -0.490 e. The maximum absolute atomic E-state index is 12.7. The van der Waals surface area contributed by atoms with Crippen LogP contribution < -0.4 is 15.0 Å². The molecule has 0 spiro atoms. The fourth-order valence-electron chi connectivity index (χ4n) is 4.68. The van der Waals surface area contributed by atoms with Crippen LogP contribution in [0.5, 0.6) is 5.75 Å². The zero-order chi connectivity index (χ0) is 23.9. The highest BCUT2D eigenvalue weighted by molar-refractivity contribution is 6.31. The van der Waals surface area contributed by atoms with Gasteiger partial charge < -0.3 is 20.1 Å². The molecular weight excluding hydrogens is 454 g/mol. The summed E-state index contributed by atoms with van der Waals surface area (Å²) in [6.45, 7) is 2.03. The summed E-state index contributed by atoms with van der Waals surface area (Å²) in [4.78, 5) is 14.8. The summed E-state index contributed by atoms with van der Waals surface area (Å²) in [5.41, 5.74) is 0.753. The molecule has 34 heavy (non-hydrogen) atoms. The molecule has 4 rings (SSSR count). The first-order chi connectivity index (χ1) is 16.6. The smallest absolute Gasteiger partial charge is 0.272 e. The third-order valence-electron chi connectivity index (χ3n) is 6.73.